The quantitative estimate of drug-likeness (QED) is 0.218. The van der Waals surface area contributed by atoms with Crippen LogP contribution < -0.4 is 0 Å². The summed E-state index contributed by atoms with van der Waals surface area (Å²) in [5.74, 6) is -1.04. The molecule has 3 aromatic carbocycles. The van der Waals surface area contributed by atoms with Gasteiger partial charge in [0, 0.05) is 39.7 Å². The van der Waals surface area contributed by atoms with Crippen molar-refractivity contribution >= 4 is 55.6 Å². The first-order chi connectivity index (χ1) is 19.5. The lowest BCUT2D eigenvalue weighted by molar-refractivity contribution is -0.160. The molecule has 7 nitrogen and oxygen atoms in total. The van der Waals surface area contributed by atoms with Crippen molar-refractivity contribution in [3.63, 3.8) is 0 Å². The second-order valence-corrected chi connectivity index (χ2v) is 12.7. The molecule has 0 saturated heterocycles. The zero-order valence-corrected chi connectivity index (χ0v) is 25.1. The number of fused-ring (bicyclic) bond motifs is 2. The molecule has 0 radical (unpaired) electrons. The standard InChI is InChI=1S/C32H30ClN3O4S/c1-17-14-23-29(26(18-6-9-21(33)10-7-18)25(17)28(31(37)38)40-32(2,3)4)41-30(34-23)19-8-11-24-22(15-19)27(35-36(24)5)20-12-13-39-16-20/h6-12,14-15,28H,13,16H2,1-5H3,(H,37,38)/t28-/m0/s1. The summed E-state index contributed by atoms with van der Waals surface area (Å²) < 4.78 is 14.5. The lowest BCUT2D eigenvalue weighted by Crippen LogP contribution is -2.28. The number of hydrogen-bond acceptors (Lipinski definition) is 6. The van der Waals surface area contributed by atoms with E-state index in [1.165, 1.54) is 0 Å². The van der Waals surface area contributed by atoms with Crippen molar-refractivity contribution in [3.8, 4) is 21.7 Å². The monoisotopic (exact) mass is 587 g/mol. The Morgan fingerprint density at radius 3 is 2.54 bits per heavy atom. The minimum atomic E-state index is -1.16. The van der Waals surface area contributed by atoms with Crippen LogP contribution in [0.5, 0.6) is 0 Å². The van der Waals surface area contributed by atoms with Crippen molar-refractivity contribution in [2.24, 2.45) is 7.05 Å². The molecule has 0 amide bonds. The lowest BCUT2D eigenvalue weighted by Gasteiger charge is -2.28. The SMILES string of the molecule is Cc1cc2nc(-c3ccc4c(c3)c(C3=CCOC3)nn4C)sc2c(-c2ccc(Cl)cc2)c1[C@H](OC(C)(C)C)C(=O)O. The van der Waals surface area contributed by atoms with Crippen LogP contribution in [0.2, 0.25) is 5.02 Å². The van der Waals surface area contributed by atoms with Crippen LogP contribution >= 0.6 is 22.9 Å². The van der Waals surface area contributed by atoms with Gasteiger partial charge in [-0.05, 0) is 75.2 Å². The fourth-order valence-electron chi connectivity index (χ4n) is 5.35. The molecule has 6 rings (SSSR count). The molecule has 0 saturated carbocycles. The molecule has 0 fully saturated rings. The molecule has 1 atom stereocenters. The fraction of sp³-hybridized carbons (Fsp3) is 0.281. The van der Waals surface area contributed by atoms with E-state index in [9.17, 15) is 9.90 Å². The van der Waals surface area contributed by atoms with Crippen LogP contribution in [0, 0.1) is 6.92 Å². The number of carboxylic acids is 1. The molecule has 0 aliphatic carbocycles. The molecule has 9 heteroatoms. The van der Waals surface area contributed by atoms with Gasteiger partial charge in [-0.15, -0.1) is 11.3 Å². The maximum atomic E-state index is 12.6. The number of benzene rings is 3. The molecule has 0 spiro atoms. The molecule has 3 heterocycles. The predicted molar refractivity (Wildman–Crippen MR) is 165 cm³/mol. The predicted octanol–water partition coefficient (Wildman–Crippen LogP) is 7.83. The van der Waals surface area contributed by atoms with Crippen LogP contribution in [0.25, 0.3) is 48.4 Å². The van der Waals surface area contributed by atoms with Crippen LogP contribution in [-0.4, -0.2) is 44.7 Å². The third-order valence-electron chi connectivity index (χ3n) is 7.13. The number of rotatable bonds is 6. The van der Waals surface area contributed by atoms with Gasteiger partial charge in [0.05, 0.1) is 40.2 Å². The first kappa shape index (κ1) is 27.6. The number of thiazole rings is 1. The Morgan fingerprint density at radius 2 is 1.88 bits per heavy atom. The number of aliphatic carboxylic acids is 1. The van der Waals surface area contributed by atoms with E-state index in [1.807, 2.05) is 69.8 Å². The number of carbonyl (C=O) groups is 1. The van der Waals surface area contributed by atoms with E-state index in [-0.39, 0.29) is 0 Å². The highest BCUT2D eigenvalue weighted by Crippen LogP contribution is 2.45. The number of ether oxygens (including phenoxy) is 2. The van der Waals surface area contributed by atoms with Crippen molar-refractivity contribution in [2.45, 2.75) is 39.4 Å². The van der Waals surface area contributed by atoms with Crippen molar-refractivity contribution in [1.29, 1.82) is 0 Å². The molecule has 0 bridgehead atoms. The van der Waals surface area contributed by atoms with Gasteiger partial charge in [-0.1, -0.05) is 29.8 Å². The lowest BCUT2D eigenvalue weighted by atomic mass is 9.91. The van der Waals surface area contributed by atoms with E-state index in [4.69, 9.17) is 31.2 Å². The highest BCUT2D eigenvalue weighted by atomic mass is 35.5. The van der Waals surface area contributed by atoms with Crippen LogP contribution in [-0.2, 0) is 21.3 Å². The minimum absolute atomic E-state index is 0.547. The minimum Gasteiger partial charge on any atom is -0.479 e. The molecule has 1 aliphatic heterocycles. The van der Waals surface area contributed by atoms with E-state index in [2.05, 4.69) is 24.3 Å². The average molecular weight is 588 g/mol. The van der Waals surface area contributed by atoms with E-state index >= 15 is 0 Å². The van der Waals surface area contributed by atoms with Gasteiger partial charge in [0.15, 0.2) is 6.10 Å². The molecule has 210 valence electrons. The summed E-state index contributed by atoms with van der Waals surface area (Å²) in [7, 11) is 1.95. The van der Waals surface area contributed by atoms with E-state index in [0.717, 1.165) is 59.6 Å². The number of halogens is 1. The molecule has 5 aromatic rings. The van der Waals surface area contributed by atoms with E-state index in [1.54, 1.807) is 11.3 Å². The van der Waals surface area contributed by atoms with Crippen LogP contribution in [0.3, 0.4) is 0 Å². The summed E-state index contributed by atoms with van der Waals surface area (Å²) in [6.45, 7) is 8.64. The summed E-state index contributed by atoms with van der Waals surface area (Å²) in [5.41, 5.74) is 7.21. The van der Waals surface area contributed by atoms with E-state index < -0.39 is 17.7 Å². The number of hydrogen-bond donors (Lipinski definition) is 1. The van der Waals surface area contributed by atoms with Crippen LogP contribution in [0.4, 0.5) is 0 Å². The second kappa shape index (κ2) is 10.4. The van der Waals surface area contributed by atoms with Crippen molar-refractivity contribution in [3.05, 3.63) is 76.5 Å². The third kappa shape index (κ3) is 5.17. The molecule has 2 aromatic heterocycles. The summed E-state index contributed by atoms with van der Waals surface area (Å²) in [5, 5.41) is 17.6. The Balaban J connectivity index is 1.58. The van der Waals surface area contributed by atoms with E-state index in [0.29, 0.717) is 23.8 Å². The van der Waals surface area contributed by atoms with Gasteiger partial charge >= 0.3 is 5.97 Å². The normalized spacial score (nSPS) is 14.6. The summed E-state index contributed by atoms with van der Waals surface area (Å²) >= 11 is 7.78. The van der Waals surface area contributed by atoms with Gasteiger partial charge in [-0.25, -0.2) is 9.78 Å². The number of aryl methyl sites for hydroxylation is 2. The Kier molecular flexibility index (Phi) is 6.98. The highest BCUT2D eigenvalue weighted by molar-refractivity contribution is 7.22. The van der Waals surface area contributed by atoms with Gasteiger partial charge in [0.2, 0.25) is 0 Å². The largest absolute Gasteiger partial charge is 0.479 e. The Morgan fingerprint density at radius 1 is 1.15 bits per heavy atom. The molecule has 1 aliphatic rings. The Bertz CT molecular complexity index is 1850. The Labute approximate surface area is 247 Å². The third-order valence-corrected chi connectivity index (χ3v) is 8.51. The maximum Gasteiger partial charge on any atom is 0.337 e. The maximum absolute atomic E-state index is 12.6. The molecule has 1 N–H and O–H groups in total. The van der Waals surface area contributed by atoms with Gasteiger partial charge in [-0.3, -0.25) is 4.68 Å². The first-order valence-corrected chi connectivity index (χ1v) is 14.5. The van der Waals surface area contributed by atoms with Gasteiger partial charge in [0.25, 0.3) is 0 Å². The number of nitrogens with zero attached hydrogens (tertiary/aromatic N) is 3. The summed E-state index contributed by atoms with van der Waals surface area (Å²) in [6, 6.07) is 15.7. The smallest absolute Gasteiger partial charge is 0.337 e. The average Bonchev–Trinajstić information content (AvgIpc) is 3.66. The number of carboxylic acid groups (broad SMARTS) is 1. The van der Waals surface area contributed by atoms with Crippen LogP contribution in [0.15, 0.2) is 54.6 Å². The molecular formula is C32H30ClN3O4S. The first-order valence-electron chi connectivity index (χ1n) is 13.3. The van der Waals surface area contributed by atoms with Gasteiger partial charge < -0.3 is 14.6 Å². The molecular weight excluding hydrogens is 558 g/mol. The van der Waals surface area contributed by atoms with Crippen molar-refractivity contribution in [2.75, 3.05) is 13.2 Å². The summed E-state index contributed by atoms with van der Waals surface area (Å²) in [4.78, 5) is 17.7. The van der Waals surface area contributed by atoms with Crippen LogP contribution in [0.1, 0.15) is 43.7 Å². The Hall–Kier alpha value is -3.56. The highest BCUT2D eigenvalue weighted by Gasteiger charge is 2.32. The summed E-state index contributed by atoms with van der Waals surface area (Å²) in [6.07, 6.45) is 0.916. The second-order valence-electron chi connectivity index (χ2n) is 11.3. The fourth-order valence-corrected chi connectivity index (χ4v) is 6.60. The van der Waals surface area contributed by atoms with Gasteiger partial charge in [-0.2, -0.15) is 5.10 Å². The van der Waals surface area contributed by atoms with Crippen molar-refractivity contribution < 1.29 is 19.4 Å². The molecule has 0 unspecified atom stereocenters. The topological polar surface area (TPSA) is 86.5 Å². The molecule has 41 heavy (non-hydrogen) atoms. The number of aromatic nitrogens is 3. The van der Waals surface area contributed by atoms with Gasteiger partial charge in [0.1, 0.15) is 5.01 Å². The zero-order valence-electron chi connectivity index (χ0n) is 23.5. The zero-order chi connectivity index (χ0) is 29.1. The van der Waals surface area contributed by atoms with Crippen molar-refractivity contribution in [1.82, 2.24) is 14.8 Å².